The maximum Gasteiger partial charge on any atom is 0.122 e. The number of piperazine rings is 1. The van der Waals surface area contributed by atoms with Crippen LogP contribution in [0.3, 0.4) is 0 Å². The van der Waals surface area contributed by atoms with Crippen LogP contribution in [0.4, 0.5) is 5.69 Å². The highest BCUT2D eigenvalue weighted by Gasteiger charge is 2.14. The summed E-state index contributed by atoms with van der Waals surface area (Å²) in [5, 5.41) is 0. The van der Waals surface area contributed by atoms with Crippen LogP contribution in [0.1, 0.15) is 38.8 Å². The Hall–Kier alpha value is -2.04. The predicted octanol–water partition coefficient (Wildman–Crippen LogP) is 5.73. The van der Waals surface area contributed by atoms with E-state index in [9.17, 15) is 0 Å². The molecule has 0 spiro atoms. The second-order valence-corrected chi connectivity index (χ2v) is 7.49. The van der Waals surface area contributed by atoms with E-state index in [0.29, 0.717) is 0 Å². The third-order valence-electron chi connectivity index (χ3n) is 4.85. The molecule has 4 heteroatoms. The minimum Gasteiger partial charge on any atom is -0.492 e. The van der Waals surface area contributed by atoms with Gasteiger partial charge >= 0.3 is 0 Å². The normalized spacial score (nSPS) is 13.2. The SMILES string of the molecule is CC.CC.Cc1ccccc1N1CCN(C)CC1.Cc1ccccc1OCCN(C)C. The molecule has 0 unspecified atom stereocenters. The Bertz CT molecular complexity index is 680. The average Bonchev–Trinajstić information content (AvgIpc) is 2.79. The molecule has 1 fully saturated rings. The van der Waals surface area contributed by atoms with E-state index >= 15 is 0 Å². The van der Waals surface area contributed by atoms with Crippen molar-refractivity contribution in [1.29, 1.82) is 0 Å². The van der Waals surface area contributed by atoms with Crippen LogP contribution in [0.5, 0.6) is 5.75 Å². The van der Waals surface area contributed by atoms with Crippen molar-refractivity contribution in [3.63, 3.8) is 0 Å². The van der Waals surface area contributed by atoms with E-state index in [-0.39, 0.29) is 0 Å². The fourth-order valence-electron chi connectivity index (χ4n) is 3.02. The van der Waals surface area contributed by atoms with Gasteiger partial charge in [0.1, 0.15) is 12.4 Å². The Morgan fingerprint density at radius 2 is 1.29 bits per heavy atom. The van der Waals surface area contributed by atoms with Crippen molar-refractivity contribution in [3.05, 3.63) is 59.7 Å². The van der Waals surface area contributed by atoms with E-state index in [1.807, 2.05) is 60.0 Å². The van der Waals surface area contributed by atoms with Crippen molar-refractivity contribution in [1.82, 2.24) is 9.80 Å². The van der Waals surface area contributed by atoms with Gasteiger partial charge in [0.25, 0.3) is 0 Å². The Morgan fingerprint density at radius 3 is 1.81 bits per heavy atom. The fourth-order valence-corrected chi connectivity index (χ4v) is 3.02. The molecule has 0 atom stereocenters. The summed E-state index contributed by atoms with van der Waals surface area (Å²) in [5.74, 6) is 0.990. The first-order valence-electron chi connectivity index (χ1n) is 11.8. The molecule has 2 aromatic rings. The first-order valence-corrected chi connectivity index (χ1v) is 11.8. The monoisotopic (exact) mass is 429 g/mol. The first kappa shape index (κ1) is 29.0. The summed E-state index contributed by atoms with van der Waals surface area (Å²) in [6.45, 7) is 18.6. The highest BCUT2D eigenvalue weighted by molar-refractivity contribution is 5.53. The molecule has 1 saturated heterocycles. The number of rotatable bonds is 5. The zero-order chi connectivity index (χ0) is 23.6. The second-order valence-electron chi connectivity index (χ2n) is 7.49. The predicted molar refractivity (Wildman–Crippen MR) is 139 cm³/mol. The van der Waals surface area contributed by atoms with Gasteiger partial charge in [-0.25, -0.2) is 0 Å². The third kappa shape index (κ3) is 11.8. The number of hydrogen-bond acceptors (Lipinski definition) is 4. The number of nitrogens with zero attached hydrogens (tertiary/aromatic N) is 3. The van der Waals surface area contributed by atoms with E-state index < -0.39 is 0 Å². The van der Waals surface area contributed by atoms with Gasteiger partial charge in [0.15, 0.2) is 0 Å². The molecule has 0 bridgehead atoms. The van der Waals surface area contributed by atoms with Gasteiger partial charge in [-0.15, -0.1) is 0 Å². The van der Waals surface area contributed by atoms with Gasteiger partial charge < -0.3 is 19.4 Å². The minimum atomic E-state index is 0.748. The number of ether oxygens (including phenoxy) is 1. The van der Waals surface area contributed by atoms with Crippen LogP contribution in [0.25, 0.3) is 0 Å². The van der Waals surface area contributed by atoms with Crippen molar-refractivity contribution in [2.24, 2.45) is 0 Å². The van der Waals surface area contributed by atoms with Crippen LogP contribution in [0.15, 0.2) is 48.5 Å². The van der Waals surface area contributed by atoms with E-state index in [1.54, 1.807) is 0 Å². The molecule has 176 valence electrons. The lowest BCUT2D eigenvalue weighted by atomic mass is 10.1. The molecule has 0 N–H and O–H groups in total. The zero-order valence-electron chi connectivity index (χ0n) is 21.6. The molecule has 1 aliphatic heterocycles. The summed E-state index contributed by atoms with van der Waals surface area (Å²) in [4.78, 5) is 6.97. The summed E-state index contributed by atoms with van der Waals surface area (Å²) in [6.07, 6.45) is 0. The Morgan fingerprint density at radius 1 is 0.774 bits per heavy atom. The Labute approximate surface area is 192 Å². The van der Waals surface area contributed by atoms with Crippen molar-refractivity contribution in [2.75, 3.05) is 65.4 Å². The maximum absolute atomic E-state index is 5.61. The molecular formula is C27H47N3O. The van der Waals surface area contributed by atoms with Gasteiger partial charge in [-0.1, -0.05) is 64.1 Å². The fraction of sp³-hybridized carbons (Fsp3) is 0.556. The van der Waals surface area contributed by atoms with Crippen molar-refractivity contribution >= 4 is 5.69 Å². The number of para-hydroxylation sites is 2. The second kappa shape index (κ2) is 17.6. The van der Waals surface area contributed by atoms with Crippen LogP contribution in [-0.4, -0.2) is 70.3 Å². The molecule has 2 aromatic carbocycles. The van der Waals surface area contributed by atoms with Crippen LogP contribution >= 0.6 is 0 Å². The summed E-state index contributed by atoms with van der Waals surface area (Å²) in [5.41, 5.74) is 3.99. The molecule has 0 aliphatic carbocycles. The number of likely N-dealkylation sites (N-methyl/N-ethyl adjacent to an activating group) is 2. The summed E-state index contributed by atoms with van der Waals surface area (Å²) >= 11 is 0. The molecule has 0 radical (unpaired) electrons. The maximum atomic E-state index is 5.61. The zero-order valence-corrected chi connectivity index (χ0v) is 21.6. The lowest BCUT2D eigenvalue weighted by Gasteiger charge is -2.34. The molecule has 4 nitrogen and oxygen atoms in total. The van der Waals surface area contributed by atoms with Crippen LogP contribution in [0, 0.1) is 13.8 Å². The lowest BCUT2D eigenvalue weighted by molar-refractivity contribution is 0.260. The molecule has 31 heavy (non-hydrogen) atoms. The molecule has 3 rings (SSSR count). The van der Waals surface area contributed by atoms with Gasteiger partial charge in [-0.05, 0) is 58.3 Å². The average molecular weight is 430 g/mol. The molecule has 0 saturated carbocycles. The quantitative estimate of drug-likeness (QED) is 0.604. The topological polar surface area (TPSA) is 19.0 Å². The van der Waals surface area contributed by atoms with E-state index in [1.165, 1.54) is 29.9 Å². The lowest BCUT2D eigenvalue weighted by Crippen LogP contribution is -2.44. The van der Waals surface area contributed by atoms with Gasteiger partial charge in [-0.2, -0.15) is 0 Å². The van der Waals surface area contributed by atoms with Gasteiger partial charge in [0.2, 0.25) is 0 Å². The summed E-state index contributed by atoms with van der Waals surface area (Å²) < 4.78 is 5.61. The summed E-state index contributed by atoms with van der Waals surface area (Å²) in [7, 11) is 6.28. The number of hydrogen-bond donors (Lipinski definition) is 0. The van der Waals surface area contributed by atoms with E-state index in [2.05, 4.69) is 65.9 Å². The van der Waals surface area contributed by atoms with Crippen LogP contribution in [0.2, 0.25) is 0 Å². The van der Waals surface area contributed by atoms with Crippen LogP contribution < -0.4 is 9.64 Å². The molecular weight excluding hydrogens is 382 g/mol. The van der Waals surface area contributed by atoms with Gasteiger partial charge in [-0.3, -0.25) is 0 Å². The van der Waals surface area contributed by atoms with Crippen molar-refractivity contribution in [2.45, 2.75) is 41.5 Å². The molecule has 1 heterocycles. The summed E-state index contributed by atoms with van der Waals surface area (Å²) in [6, 6.07) is 16.7. The highest BCUT2D eigenvalue weighted by Crippen LogP contribution is 2.20. The highest BCUT2D eigenvalue weighted by atomic mass is 16.5. The Kier molecular flexibility index (Phi) is 16.5. The van der Waals surface area contributed by atoms with E-state index in [0.717, 1.165) is 32.0 Å². The van der Waals surface area contributed by atoms with E-state index in [4.69, 9.17) is 4.74 Å². The Balaban J connectivity index is 0.000000502. The number of aryl methyl sites for hydroxylation is 2. The smallest absolute Gasteiger partial charge is 0.122 e. The van der Waals surface area contributed by atoms with Crippen LogP contribution in [-0.2, 0) is 0 Å². The van der Waals surface area contributed by atoms with Crippen molar-refractivity contribution < 1.29 is 4.74 Å². The van der Waals surface area contributed by atoms with Crippen molar-refractivity contribution in [3.8, 4) is 5.75 Å². The molecule has 0 amide bonds. The minimum absolute atomic E-state index is 0.748. The third-order valence-corrected chi connectivity index (χ3v) is 4.85. The molecule has 0 aromatic heterocycles. The van der Waals surface area contributed by atoms with Gasteiger partial charge in [0, 0.05) is 38.4 Å². The largest absolute Gasteiger partial charge is 0.492 e. The number of anilines is 1. The first-order chi connectivity index (χ1) is 15.0. The number of benzene rings is 2. The standard InChI is InChI=1S/C12H18N2.C11H17NO.2C2H6/c1-11-5-3-4-6-12(11)14-9-7-13(2)8-10-14;1-10-6-4-5-7-11(10)13-9-8-12(2)3;2*1-2/h3-6H,7-10H2,1-2H3;4-7H,8-9H2,1-3H3;2*1-2H3. The molecule has 1 aliphatic rings. The van der Waals surface area contributed by atoms with Gasteiger partial charge in [0.05, 0.1) is 0 Å².